The molecule has 3 aromatic rings. The molecular weight excluding hydrogens is 364 g/mol. The zero-order valence-corrected chi connectivity index (χ0v) is 16.1. The number of nitrogens with zero attached hydrogens (tertiary/aromatic N) is 4. The number of fused-ring (bicyclic) bond motifs is 1. The maximum Gasteiger partial charge on any atom is 0.253 e. The first-order valence-corrected chi connectivity index (χ1v) is 9.54. The molecule has 0 unspecified atom stereocenters. The van der Waals surface area contributed by atoms with Gasteiger partial charge in [0, 0.05) is 22.6 Å². The lowest BCUT2D eigenvalue weighted by atomic mass is 10.1. The zero-order valence-electron chi connectivity index (χ0n) is 15.3. The van der Waals surface area contributed by atoms with Crippen LogP contribution in [0.4, 0.5) is 5.69 Å². The molecule has 0 spiro atoms. The molecule has 0 saturated heterocycles. The summed E-state index contributed by atoms with van der Waals surface area (Å²) in [6.07, 6.45) is 2.10. The molecular formula is C18H20N6O2S. The Bertz CT molecular complexity index is 1030. The molecule has 1 aromatic carbocycles. The van der Waals surface area contributed by atoms with E-state index in [2.05, 4.69) is 20.4 Å². The second-order valence-corrected chi connectivity index (χ2v) is 6.87. The topological polar surface area (TPSA) is 115 Å². The normalized spacial score (nSPS) is 10.9. The first-order valence-electron chi connectivity index (χ1n) is 8.32. The van der Waals surface area contributed by atoms with Crippen molar-refractivity contribution in [3.8, 4) is 0 Å². The Morgan fingerprint density at radius 2 is 1.93 bits per heavy atom. The van der Waals surface area contributed by atoms with E-state index in [9.17, 15) is 9.59 Å². The van der Waals surface area contributed by atoms with Gasteiger partial charge in [-0.25, -0.2) is 9.50 Å². The maximum absolute atomic E-state index is 12.6. The largest absolute Gasteiger partial charge is 0.369 e. The molecule has 0 atom stereocenters. The first-order chi connectivity index (χ1) is 12.9. The number of anilines is 1. The minimum absolute atomic E-state index is 0.0679. The van der Waals surface area contributed by atoms with Gasteiger partial charge < -0.3 is 11.1 Å². The molecule has 2 heterocycles. The van der Waals surface area contributed by atoms with Crippen LogP contribution in [-0.2, 0) is 22.4 Å². The highest BCUT2D eigenvalue weighted by atomic mass is 32.2. The number of nitrogens with one attached hydrogen (secondary N) is 1. The number of aryl methyl sites for hydroxylation is 2. The van der Waals surface area contributed by atoms with Crippen LogP contribution in [0.2, 0.25) is 0 Å². The molecule has 0 bridgehead atoms. The van der Waals surface area contributed by atoms with Crippen LogP contribution in [0.3, 0.4) is 0 Å². The third-order valence-corrected chi connectivity index (χ3v) is 4.74. The molecule has 0 aliphatic carbocycles. The first kappa shape index (κ1) is 18.8. The van der Waals surface area contributed by atoms with Crippen LogP contribution in [0.5, 0.6) is 0 Å². The number of thioether (sulfide) groups is 1. The predicted molar refractivity (Wildman–Crippen MR) is 104 cm³/mol. The monoisotopic (exact) mass is 384 g/mol. The van der Waals surface area contributed by atoms with Gasteiger partial charge in [-0.3, -0.25) is 9.59 Å². The third kappa shape index (κ3) is 4.08. The number of hydrogen-bond acceptors (Lipinski definition) is 6. The van der Waals surface area contributed by atoms with E-state index in [1.165, 1.54) is 11.8 Å². The third-order valence-electron chi connectivity index (χ3n) is 4.21. The van der Waals surface area contributed by atoms with Crippen molar-refractivity contribution in [1.29, 1.82) is 0 Å². The molecule has 8 nitrogen and oxygen atoms in total. The summed E-state index contributed by atoms with van der Waals surface area (Å²) in [7, 11) is 0. The Labute approximate surface area is 160 Å². The van der Waals surface area contributed by atoms with Crippen LogP contribution < -0.4 is 11.1 Å². The van der Waals surface area contributed by atoms with Gasteiger partial charge in [-0.05, 0) is 31.7 Å². The SMILES string of the molecule is CSc1nc2nc(C)c(CC(=O)Nc3ccccc3CC(N)=O)c(C)n2n1. The number of para-hydroxylation sites is 1. The number of primary amides is 1. The molecule has 3 rings (SSSR count). The smallest absolute Gasteiger partial charge is 0.253 e. The van der Waals surface area contributed by atoms with Gasteiger partial charge in [-0.1, -0.05) is 30.0 Å². The van der Waals surface area contributed by atoms with Gasteiger partial charge in [0.1, 0.15) is 0 Å². The van der Waals surface area contributed by atoms with Gasteiger partial charge in [-0.15, -0.1) is 5.10 Å². The van der Waals surface area contributed by atoms with E-state index in [1.54, 1.807) is 28.8 Å². The molecule has 27 heavy (non-hydrogen) atoms. The Hall–Kier alpha value is -2.94. The van der Waals surface area contributed by atoms with E-state index in [0.717, 1.165) is 17.0 Å². The van der Waals surface area contributed by atoms with Gasteiger partial charge in [0.05, 0.1) is 12.8 Å². The number of hydrogen-bond donors (Lipinski definition) is 2. The molecule has 0 aliphatic heterocycles. The van der Waals surface area contributed by atoms with Gasteiger partial charge in [0.25, 0.3) is 5.78 Å². The van der Waals surface area contributed by atoms with Crippen LogP contribution in [0.15, 0.2) is 29.4 Å². The van der Waals surface area contributed by atoms with Crippen LogP contribution >= 0.6 is 11.8 Å². The summed E-state index contributed by atoms with van der Waals surface area (Å²) < 4.78 is 1.66. The van der Waals surface area contributed by atoms with Crippen LogP contribution in [0.1, 0.15) is 22.5 Å². The van der Waals surface area contributed by atoms with Gasteiger partial charge in [0.15, 0.2) is 0 Å². The highest BCUT2D eigenvalue weighted by Gasteiger charge is 2.17. The van der Waals surface area contributed by atoms with Crippen LogP contribution in [0, 0.1) is 13.8 Å². The molecule has 140 valence electrons. The minimum Gasteiger partial charge on any atom is -0.369 e. The standard InChI is InChI=1S/C18H20N6O2S/c1-10-13(11(2)24-17(20-10)22-18(23-24)27-3)9-16(26)21-14-7-5-4-6-12(14)8-15(19)25/h4-7H,8-9H2,1-3H3,(H2,19,25)(H,21,26). The number of rotatable bonds is 6. The van der Waals surface area contributed by atoms with Gasteiger partial charge in [-0.2, -0.15) is 4.98 Å². The summed E-state index contributed by atoms with van der Waals surface area (Å²) in [4.78, 5) is 32.6. The van der Waals surface area contributed by atoms with E-state index in [4.69, 9.17) is 5.73 Å². The number of benzene rings is 1. The number of amides is 2. The Balaban J connectivity index is 1.85. The molecule has 9 heteroatoms. The van der Waals surface area contributed by atoms with E-state index < -0.39 is 5.91 Å². The highest BCUT2D eigenvalue weighted by Crippen LogP contribution is 2.19. The Kier molecular flexibility index (Phi) is 5.41. The predicted octanol–water partition coefficient (Wildman–Crippen LogP) is 1.67. The van der Waals surface area contributed by atoms with E-state index in [-0.39, 0.29) is 18.7 Å². The molecule has 0 radical (unpaired) electrons. The fourth-order valence-electron chi connectivity index (χ4n) is 2.87. The fraction of sp³-hybridized carbons (Fsp3) is 0.278. The second kappa shape index (κ2) is 7.75. The summed E-state index contributed by atoms with van der Waals surface area (Å²) in [5.74, 6) is -0.136. The quantitative estimate of drug-likeness (QED) is 0.625. The van der Waals surface area contributed by atoms with Crippen molar-refractivity contribution in [2.75, 3.05) is 11.6 Å². The number of nitrogens with two attached hydrogens (primary N) is 1. The molecule has 0 fully saturated rings. The summed E-state index contributed by atoms with van der Waals surface area (Å²) in [5.41, 5.74) is 8.90. The van der Waals surface area contributed by atoms with Crippen LogP contribution in [0.25, 0.3) is 5.78 Å². The Morgan fingerprint density at radius 1 is 1.19 bits per heavy atom. The van der Waals surface area contributed by atoms with Gasteiger partial charge in [0.2, 0.25) is 17.0 Å². The molecule has 3 N–H and O–H groups in total. The maximum atomic E-state index is 12.6. The number of aromatic nitrogens is 4. The fourth-order valence-corrected chi connectivity index (χ4v) is 3.21. The van der Waals surface area contributed by atoms with Crippen molar-refractivity contribution in [2.45, 2.75) is 31.8 Å². The van der Waals surface area contributed by atoms with Crippen molar-refractivity contribution in [3.05, 3.63) is 46.8 Å². The van der Waals surface area contributed by atoms with Gasteiger partial charge >= 0.3 is 0 Å². The van der Waals surface area contributed by atoms with Crippen molar-refractivity contribution >= 4 is 35.0 Å². The minimum atomic E-state index is -0.450. The lowest BCUT2D eigenvalue weighted by Crippen LogP contribution is -2.20. The van der Waals surface area contributed by atoms with E-state index in [1.807, 2.05) is 20.1 Å². The zero-order chi connectivity index (χ0) is 19.6. The number of carbonyl (C=O) groups is 2. The molecule has 2 amide bonds. The summed E-state index contributed by atoms with van der Waals surface area (Å²) in [5, 5.41) is 7.88. The van der Waals surface area contributed by atoms with E-state index >= 15 is 0 Å². The van der Waals surface area contributed by atoms with E-state index in [0.29, 0.717) is 22.2 Å². The van der Waals surface area contributed by atoms with Crippen molar-refractivity contribution in [1.82, 2.24) is 19.6 Å². The highest BCUT2D eigenvalue weighted by molar-refractivity contribution is 7.98. The van der Waals surface area contributed by atoms with Crippen LogP contribution in [-0.4, -0.2) is 37.7 Å². The second-order valence-electron chi connectivity index (χ2n) is 6.10. The number of carbonyl (C=O) groups excluding carboxylic acids is 2. The summed E-state index contributed by atoms with van der Waals surface area (Å²) >= 11 is 1.44. The molecule has 0 saturated carbocycles. The van der Waals surface area contributed by atoms with Crippen molar-refractivity contribution in [2.24, 2.45) is 5.73 Å². The summed E-state index contributed by atoms with van der Waals surface area (Å²) in [6, 6.07) is 7.11. The summed E-state index contributed by atoms with van der Waals surface area (Å²) in [6.45, 7) is 3.74. The van der Waals surface area contributed by atoms with Crippen molar-refractivity contribution < 1.29 is 9.59 Å². The Morgan fingerprint density at radius 3 is 2.63 bits per heavy atom. The van der Waals surface area contributed by atoms with Crippen molar-refractivity contribution in [3.63, 3.8) is 0 Å². The lowest BCUT2D eigenvalue weighted by Gasteiger charge is -2.12. The molecule has 2 aromatic heterocycles. The molecule has 0 aliphatic rings. The average molecular weight is 384 g/mol. The average Bonchev–Trinajstić information content (AvgIpc) is 3.03. The lowest BCUT2D eigenvalue weighted by molar-refractivity contribution is -0.117.